The van der Waals surface area contributed by atoms with Gasteiger partial charge >= 0.3 is 0 Å². The van der Waals surface area contributed by atoms with Gasteiger partial charge in [-0.05, 0) is 60.5 Å². The summed E-state index contributed by atoms with van der Waals surface area (Å²) in [6.45, 7) is 7.13. The molecule has 5 heteroatoms. The van der Waals surface area contributed by atoms with E-state index in [1.165, 1.54) is 0 Å². The van der Waals surface area contributed by atoms with E-state index in [0.29, 0.717) is 13.2 Å². The van der Waals surface area contributed by atoms with Gasteiger partial charge in [0.25, 0.3) is 0 Å². The smallest absolute Gasteiger partial charge is 0.163 e. The number of hydrogen-bond acceptors (Lipinski definition) is 4. The van der Waals surface area contributed by atoms with Gasteiger partial charge in [-0.2, -0.15) is 0 Å². The van der Waals surface area contributed by atoms with Gasteiger partial charge < -0.3 is 14.8 Å². The van der Waals surface area contributed by atoms with Crippen LogP contribution in [0.3, 0.4) is 0 Å². The highest BCUT2D eigenvalue weighted by molar-refractivity contribution is 9.10. The predicted octanol–water partition coefficient (Wildman–Crippen LogP) is 4.69. The van der Waals surface area contributed by atoms with Crippen molar-refractivity contribution in [3.05, 3.63) is 40.5 Å². The summed E-state index contributed by atoms with van der Waals surface area (Å²) < 4.78 is 12.1. The number of benzene rings is 1. The van der Waals surface area contributed by atoms with Gasteiger partial charge in [0.1, 0.15) is 5.82 Å². The van der Waals surface area contributed by atoms with Crippen molar-refractivity contribution >= 4 is 27.4 Å². The van der Waals surface area contributed by atoms with Crippen molar-refractivity contribution in [1.82, 2.24) is 4.98 Å². The van der Waals surface area contributed by atoms with Gasteiger partial charge in [0, 0.05) is 22.4 Å². The average Bonchev–Trinajstić information content (AvgIpc) is 2.45. The van der Waals surface area contributed by atoms with Crippen molar-refractivity contribution in [2.24, 2.45) is 0 Å². The van der Waals surface area contributed by atoms with Gasteiger partial charge in [-0.3, -0.25) is 0 Å². The Kier molecular flexibility index (Phi) is 5.44. The van der Waals surface area contributed by atoms with Crippen LogP contribution >= 0.6 is 15.9 Å². The van der Waals surface area contributed by atoms with Crippen molar-refractivity contribution in [1.29, 1.82) is 0 Å². The number of aromatic nitrogens is 1. The first-order valence-corrected chi connectivity index (χ1v) is 7.72. The van der Waals surface area contributed by atoms with Crippen LogP contribution in [0.5, 0.6) is 11.5 Å². The molecule has 2 aromatic rings. The minimum Gasteiger partial charge on any atom is -0.490 e. The molecule has 2 rings (SSSR count). The number of rotatable bonds is 6. The Morgan fingerprint density at radius 2 is 1.81 bits per heavy atom. The monoisotopic (exact) mass is 350 g/mol. The molecular formula is C16H19BrN2O2. The SMILES string of the molecule is CCOc1ccc(Nc2ncc(Br)cc2C)cc1OCC. The second kappa shape index (κ2) is 7.31. The van der Waals surface area contributed by atoms with Crippen LogP contribution < -0.4 is 14.8 Å². The van der Waals surface area contributed by atoms with E-state index >= 15 is 0 Å². The average molecular weight is 351 g/mol. The Bertz CT molecular complexity index is 617. The Morgan fingerprint density at radius 3 is 2.48 bits per heavy atom. The van der Waals surface area contributed by atoms with Gasteiger partial charge in [-0.1, -0.05) is 0 Å². The summed E-state index contributed by atoms with van der Waals surface area (Å²) in [5.74, 6) is 2.31. The Hall–Kier alpha value is -1.75. The molecule has 21 heavy (non-hydrogen) atoms. The zero-order valence-corrected chi connectivity index (χ0v) is 14.0. The number of halogens is 1. The molecule has 1 aromatic heterocycles. The van der Waals surface area contributed by atoms with Gasteiger partial charge in [-0.15, -0.1) is 0 Å². The van der Waals surface area contributed by atoms with Crippen molar-refractivity contribution in [3.63, 3.8) is 0 Å². The fourth-order valence-electron chi connectivity index (χ4n) is 1.94. The summed E-state index contributed by atoms with van der Waals surface area (Å²) in [4.78, 5) is 4.38. The minimum absolute atomic E-state index is 0.596. The van der Waals surface area contributed by atoms with Crippen LogP contribution in [0.4, 0.5) is 11.5 Å². The lowest BCUT2D eigenvalue weighted by Gasteiger charge is -2.14. The van der Waals surface area contributed by atoms with Crippen LogP contribution in [-0.4, -0.2) is 18.2 Å². The largest absolute Gasteiger partial charge is 0.490 e. The van der Waals surface area contributed by atoms with Crippen molar-refractivity contribution in [2.45, 2.75) is 20.8 Å². The molecule has 0 spiro atoms. The maximum atomic E-state index is 5.62. The van der Waals surface area contributed by atoms with E-state index < -0.39 is 0 Å². The third-order valence-electron chi connectivity index (χ3n) is 2.85. The fourth-order valence-corrected chi connectivity index (χ4v) is 2.38. The standard InChI is InChI=1S/C16H19BrN2O2/c1-4-20-14-7-6-13(9-15(14)21-5-2)19-16-11(3)8-12(17)10-18-16/h6-10H,4-5H2,1-3H3,(H,18,19). The Balaban J connectivity index is 2.25. The summed E-state index contributed by atoms with van der Waals surface area (Å²) in [5.41, 5.74) is 1.98. The molecule has 0 radical (unpaired) electrons. The highest BCUT2D eigenvalue weighted by Crippen LogP contribution is 2.32. The number of ether oxygens (including phenoxy) is 2. The molecule has 0 saturated carbocycles. The van der Waals surface area contributed by atoms with Crippen LogP contribution in [0.15, 0.2) is 34.9 Å². The fraction of sp³-hybridized carbons (Fsp3) is 0.312. The normalized spacial score (nSPS) is 10.3. The zero-order chi connectivity index (χ0) is 15.2. The van der Waals surface area contributed by atoms with Crippen LogP contribution in [0.2, 0.25) is 0 Å². The first kappa shape index (κ1) is 15.6. The molecule has 1 N–H and O–H groups in total. The lowest BCUT2D eigenvalue weighted by Crippen LogP contribution is -2.00. The minimum atomic E-state index is 0.596. The van der Waals surface area contributed by atoms with E-state index in [9.17, 15) is 0 Å². The summed E-state index contributed by atoms with van der Waals surface area (Å²) in [6.07, 6.45) is 1.77. The third-order valence-corrected chi connectivity index (χ3v) is 3.28. The summed E-state index contributed by atoms with van der Waals surface area (Å²) in [5, 5.41) is 3.30. The molecule has 0 bridgehead atoms. The van der Waals surface area contributed by atoms with Crippen molar-refractivity contribution < 1.29 is 9.47 Å². The lowest BCUT2D eigenvalue weighted by atomic mass is 10.2. The topological polar surface area (TPSA) is 43.4 Å². The predicted molar refractivity (Wildman–Crippen MR) is 88.7 cm³/mol. The molecule has 1 aromatic carbocycles. The van der Waals surface area contributed by atoms with Gasteiger partial charge in [0.15, 0.2) is 11.5 Å². The number of hydrogen-bond donors (Lipinski definition) is 1. The van der Waals surface area contributed by atoms with E-state index in [-0.39, 0.29) is 0 Å². The highest BCUT2D eigenvalue weighted by Gasteiger charge is 2.08. The Labute approximate surface area is 133 Å². The number of nitrogens with zero attached hydrogens (tertiary/aromatic N) is 1. The van der Waals surface area contributed by atoms with Crippen LogP contribution in [0.1, 0.15) is 19.4 Å². The molecule has 0 atom stereocenters. The Morgan fingerprint density at radius 1 is 1.10 bits per heavy atom. The number of nitrogens with one attached hydrogen (secondary N) is 1. The van der Waals surface area contributed by atoms with Crippen LogP contribution in [0.25, 0.3) is 0 Å². The molecule has 1 heterocycles. The molecule has 0 aliphatic carbocycles. The van der Waals surface area contributed by atoms with Gasteiger partial charge in [0.2, 0.25) is 0 Å². The van der Waals surface area contributed by atoms with Crippen molar-refractivity contribution in [3.8, 4) is 11.5 Å². The van der Waals surface area contributed by atoms with Gasteiger partial charge in [-0.25, -0.2) is 4.98 Å². The van der Waals surface area contributed by atoms with Crippen LogP contribution in [-0.2, 0) is 0 Å². The molecule has 0 aliphatic rings. The maximum absolute atomic E-state index is 5.62. The molecule has 0 aliphatic heterocycles. The van der Waals surface area contributed by atoms with E-state index in [2.05, 4.69) is 26.2 Å². The molecule has 4 nitrogen and oxygen atoms in total. The molecule has 112 valence electrons. The highest BCUT2D eigenvalue weighted by atomic mass is 79.9. The molecule has 0 unspecified atom stereocenters. The summed E-state index contributed by atoms with van der Waals surface area (Å²) >= 11 is 3.41. The first-order chi connectivity index (χ1) is 10.1. The van der Waals surface area contributed by atoms with E-state index in [0.717, 1.165) is 33.0 Å². The summed E-state index contributed by atoms with van der Waals surface area (Å²) in [6, 6.07) is 7.81. The third kappa shape index (κ3) is 4.11. The summed E-state index contributed by atoms with van der Waals surface area (Å²) in [7, 11) is 0. The first-order valence-electron chi connectivity index (χ1n) is 6.92. The molecule has 0 fully saturated rings. The number of pyridine rings is 1. The lowest BCUT2D eigenvalue weighted by molar-refractivity contribution is 0.288. The second-order valence-corrected chi connectivity index (χ2v) is 5.39. The quantitative estimate of drug-likeness (QED) is 0.820. The number of anilines is 2. The van der Waals surface area contributed by atoms with E-state index in [1.807, 2.05) is 45.0 Å². The van der Waals surface area contributed by atoms with E-state index in [1.54, 1.807) is 6.20 Å². The molecular weight excluding hydrogens is 332 g/mol. The van der Waals surface area contributed by atoms with Crippen molar-refractivity contribution in [2.75, 3.05) is 18.5 Å². The van der Waals surface area contributed by atoms with E-state index in [4.69, 9.17) is 9.47 Å². The second-order valence-electron chi connectivity index (χ2n) is 4.47. The number of aryl methyl sites for hydroxylation is 1. The maximum Gasteiger partial charge on any atom is 0.163 e. The van der Waals surface area contributed by atoms with Crippen LogP contribution in [0, 0.1) is 6.92 Å². The molecule has 0 amide bonds. The molecule has 0 saturated heterocycles. The van der Waals surface area contributed by atoms with Gasteiger partial charge in [0.05, 0.1) is 13.2 Å². The zero-order valence-electron chi connectivity index (χ0n) is 12.4.